The van der Waals surface area contributed by atoms with Gasteiger partial charge in [0.15, 0.2) is 11.5 Å². The van der Waals surface area contributed by atoms with E-state index in [1.807, 2.05) is 32.2 Å². The number of urea groups is 1. The second kappa shape index (κ2) is 9.98. The molecule has 0 saturated heterocycles. The minimum absolute atomic E-state index is 0.286. The molecule has 1 heterocycles. The van der Waals surface area contributed by atoms with Gasteiger partial charge in [-0.1, -0.05) is 6.92 Å². The first-order chi connectivity index (χ1) is 13.4. The molecule has 0 spiro atoms. The number of likely N-dealkylation sites (N-methyl/N-ethyl adjacent to an activating group) is 1. The van der Waals surface area contributed by atoms with Crippen LogP contribution in [0, 0.1) is 0 Å². The number of amides is 2. The molecule has 28 heavy (non-hydrogen) atoms. The molecule has 0 aliphatic carbocycles. The lowest BCUT2D eigenvalue weighted by Crippen LogP contribution is -3.08. The lowest BCUT2D eigenvalue weighted by molar-refractivity contribution is -0.889. The first kappa shape index (κ1) is 21.6. The number of quaternary nitrogens is 1. The van der Waals surface area contributed by atoms with Gasteiger partial charge >= 0.3 is 12.0 Å². The summed E-state index contributed by atoms with van der Waals surface area (Å²) in [4.78, 5) is 25.6. The standard InChI is InChI=1S/C20H29N3O5/c1-6-14-18(19(24)28-7-2)15(22-20(25)21-14)12-23(3)11-13-8-9-16(26-4)17(10-13)27-5/h8-10,14H,6-7,11-12H2,1-5H3,(H2,21,22,25)/p+1/t14-/m1/s1. The summed E-state index contributed by atoms with van der Waals surface area (Å²) in [6.45, 7) is 5.14. The Morgan fingerprint density at radius 3 is 2.46 bits per heavy atom. The third-order valence-electron chi connectivity index (χ3n) is 4.58. The van der Waals surface area contributed by atoms with Gasteiger partial charge in [-0.2, -0.15) is 0 Å². The van der Waals surface area contributed by atoms with E-state index in [1.54, 1.807) is 21.1 Å². The van der Waals surface area contributed by atoms with Crippen LogP contribution in [-0.4, -0.2) is 52.5 Å². The number of benzene rings is 1. The Morgan fingerprint density at radius 2 is 1.86 bits per heavy atom. The molecule has 8 nitrogen and oxygen atoms in total. The molecule has 0 saturated carbocycles. The number of hydrogen-bond donors (Lipinski definition) is 3. The zero-order valence-corrected chi connectivity index (χ0v) is 17.2. The second-order valence-corrected chi connectivity index (χ2v) is 6.67. The van der Waals surface area contributed by atoms with E-state index in [2.05, 4.69) is 10.6 Å². The summed E-state index contributed by atoms with van der Waals surface area (Å²) in [6, 6.07) is 5.12. The van der Waals surface area contributed by atoms with Crippen LogP contribution in [0.2, 0.25) is 0 Å². The average molecular weight is 392 g/mol. The molecule has 1 aromatic rings. The number of hydrogen-bond acceptors (Lipinski definition) is 5. The van der Waals surface area contributed by atoms with Crippen LogP contribution in [0.3, 0.4) is 0 Å². The zero-order chi connectivity index (χ0) is 20.7. The van der Waals surface area contributed by atoms with Gasteiger partial charge in [-0.3, -0.25) is 0 Å². The maximum Gasteiger partial charge on any atom is 0.338 e. The third-order valence-corrected chi connectivity index (χ3v) is 4.58. The largest absolute Gasteiger partial charge is 0.493 e. The van der Waals surface area contributed by atoms with Crippen LogP contribution in [0.15, 0.2) is 29.5 Å². The minimum Gasteiger partial charge on any atom is -0.493 e. The van der Waals surface area contributed by atoms with Crippen LogP contribution in [0.1, 0.15) is 25.8 Å². The van der Waals surface area contributed by atoms with Crippen molar-refractivity contribution in [3.8, 4) is 11.5 Å². The highest BCUT2D eigenvalue weighted by atomic mass is 16.5. The smallest absolute Gasteiger partial charge is 0.338 e. The van der Waals surface area contributed by atoms with Crippen molar-refractivity contribution in [3.05, 3.63) is 35.0 Å². The summed E-state index contributed by atoms with van der Waals surface area (Å²) >= 11 is 0. The maximum atomic E-state index is 12.5. The van der Waals surface area contributed by atoms with Crippen molar-refractivity contribution in [2.24, 2.45) is 0 Å². The van der Waals surface area contributed by atoms with E-state index in [0.717, 1.165) is 10.5 Å². The van der Waals surface area contributed by atoms with Gasteiger partial charge in [0, 0.05) is 5.56 Å². The monoisotopic (exact) mass is 392 g/mol. The highest BCUT2D eigenvalue weighted by molar-refractivity contribution is 5.94. The highest BCUT2D eigenvalue weighted by Crippen LogP contribution is 2.27. The number of ether oxygens (including phenoxy) is 3. The molecule has 0 bridgehead atoms. The molecule has 2 rings (SSSR count). The van der Waals surface area contributed by atoms with Crippen LogP contribution in [0.25, 0.3) is 0 Å². The Bertz CT molecular complexity index is 747. The summed E-state index contributed by atoms with van der Waals surface area (Å²) in [5.41, 5.74) is 2.16. The van der Waals surface area contributed by atoms with Gasteiger partial charge in [-0.15, -0.1) is 0 Å². The van der Waals surface area contributed by atoms with Crippen molar-refractivity contribution >= 4 is 12.0 Å². The fourth-order valence-electron chi connectivity index (χ4n) is 3.30. The minimum atomic E-state index is -0.393. The Labute approximate surface area is 165 Å². The van der Waals surface area contributed by atoms with E-state index >= 15 is 0 Å². The normalized spacial score (nSPS) is 17.5. The summed E-state index contributed by atoms with van der Waals surface area (Å²) < 4.78 is 15.8. The Balaban J connectivity index is 2.22. The number of methoxy groups -OCH3 is 2. The van der Waals surface area contributed by atoms with Crippen LogP contribution >= 0.6 is 0 Å². The summed E-state index contributed by atoms with van der Waals surface area (Å²) in [7, 11) is 5.20. The lowest BCUT2D eigenvalue weighted by Gasteiger charge is -2.29. The fourth-order valence-corrected chi connectivity index (χ4v) is 3.30. The number of esters is 1. The summed E-state index contributed by atoms with van der Waals surface area (Å²) in [6.07, 6.45) is 0.611. The molecule has 0 aromatic heterocycles. The van der Waals surface area contributed by atoms with Crippen molar-refractivity contribution < 1.29 is 28.7 Å². The van der Waals surface area contributed by atoms with Crippen LogP contribution in [0.4, 0.5) is 4.79 Å². The van der Waals surface area contributed by atoms with Gasteiger partial charge in [0.2, 0.25) is 0 Å². The van der Waals surface area contributed by atoms with Crippen molar-refractivity contribution in [2.45, 2.75) is 32.9 Å². The molecule has 1 aliphatic heterocycles. The van der Waals surface area contributed by atoms with Crippen LogP contribution in [-0.2, 0) is 16.1 Å². The van der Waals surface area contributed by atoms with Gasteiger partial charge < -0.3 is 29.7 Å². The van der Waals surface area contributed by atoms with E-state index in [9.17, 15) is 9.59 Å². The van der Waals surface area contributed by atoms with E-state index in [1.165, 1.54) is 0 Å². The Morgan fingerprint density at radius 1 is 1.14 bits per heavy atom. The second-order valence-electron chi connectivity index (χ2n) is 6.67. The molecule has 0 fully saturated rings. The Kier molecular flexibility index (Phi) is 7.69. The summed E-state index contributed by atoms with van der Waals surface area (Å²) in [5, 5.41) is 5.58. The first-order valence-electron chi connectivity index (χ1n) is 9.43. The molecule has 1 unspecified atom stereocenters. The predicted molar refractivity (Wildman–Crippen MR) is 104 cm³/mol. The number of carbonyl (C=O) groups is 2. The highest BCUT2D eigenvalue weighted by Gasteiger charge is 2.32. The van der Waals surface area contributed by atoms with E-state index in [4.69, 9.17) is 14.2 Å². The molecule has 154 valence electrons. The lowest BCUT2D eigenvalue weighted by atomic mass is 10.00. The molecule has 3 N–H and O–H groups in total. The Hall–Kier alpha value is -2.74. The van der Waals surface area contributed by atoms with E-state index in [0.29, 0.717) is 42.3 Å². The predicted octanol–water partition coefficient (Wildman–Crippen LogP) is 0.627. The van der Waals surface area contributed by atoms with Crippen LogP contribution in [0.5, 0.6) is 11.5 Å². The maximum absolute atomic E-state index is 12.5. The molecule has 1 aromatic carbocycles. The first-order valence-corrected chi connectivity index (χ1v) is 9.43. The van der Waals surface area contributed by atoms with Gasteiger partial charge in [-0.25, -0.2) is 9.59 Å². The molecule has 8 heteroatoms. The number of nitrogens with one attached hydrogen (secondary N) is 3. The van der Waals surface area contributed by atoms with Crippen molar-refractivity contribution in [3.63, 3.8) is 0 Å². The molecule has 2 amide bonds. The quantitative estimate of drug-likeness (QED) is 0.536. The van der Waals surface area contributed by atoms with Gasteiger partial charge in [0.25, 0.3) is 0 Å². The van der Waals surface area contributed by atoms with E-state index in [-0.39, 0.29) is 18.7 Å². The number of rotatable bonds is 9. The summed E-state index contributed by atoms with van der Waals surface area (Å²) in [5.74, 6) is 0.948. The molecular formula is C20H30N3O5+. The fraction of sp³-hybridized carbons (Fsp3) is 0.500. The van der Waals surface area contributed by atoms with Crippen molar-refractivity contribution in [1.29, 1.82) is 0 Å². The molecular weight excluding hydrogens is 362 g/mol. The molecule has 2 atom stereocenters. The topological polar surface area (TPSA) is 90.3 Å². The zero-order valence-electron chi connectivity index (χ0n) is 17.2. The molecule has 1 aliphatic rings. The average Bonchev–Trinajstić information content (AvgIpc) is 2.67. The van der Waals surface area contributed by atoms with Gasteiger partial charge in [0.05, 0.1) is 45.2 Å². The van der Waals surface area contributed by atoms with E-state index < -0.39 is 5.97 Å². The molecule has 0 radical (unpaired) electrons. The van der Waals surface area contributed by atoms with Crippen molar-refractivity contribution in [1.82, 2.24) is 10.6 Å². The van der Waals surface area contributed by atoms with Crippen molar-refractivity contribution in [2.75, 3.05) is 34.4 Å². The third kappa shape index (κ3) is 5.16. The van der Waals surface area contributed by atoms with Gasteiger partial charge in [-0.05, 0) is 31.5 Å². The van der Waals surface area contributed by atoms with Crippen LogP contribution < -0.4 is 25.0 Å². The SMILES string of the molecule is CCOC(=O)C1=C(C[NH+](C)Cc2ccc(OC)c(OC)c2)NC(=O)N[C@@H]1CC. The van der Waals surface area contributed by atoms with Gasteiger partial charge in [0.1, 0.15) is 13.1 Å². The number of carbonyl (C=O) groups excluding carboxylic acids is 2.